The monoisotopic (exact) mass is 535 g/mol. The Morgan fingerprint density at radius 3 is 2.24 bits per heavy atom. The number of hydrogen-bond acceptors (Lipinski definition) is 5. The summed E-state index contributed by atoms with van der Waals surface area (Å²) in [6.07, 6.45) is 1.72. The van der Waals surface area contributed by atoms with Crippen molar-refractivity contribution in [2.45, 2.75) is 65.1 Å². The molecule has 1 atom stereocenters. The van der Waals surface area contributed by atoms with Gasteiger partial charge in [-0.3, -0.25) is 13.9 Å². The first-order valence-corrected chi connectivity index (χ1v) is 14.1. The number of carbonyl (C=O) groups excluding carboxylic acids is 2. The first-order valence-electron chi connectivity index (χ1n) is 12.2. The van der Waals surface area contributed by atoms with Gasteiger partial charge >= 0.3 is 0 Å². The van der Waals surface area contributed by atoms with Gasteiger partial charge in [-0.05, 0) is 63.4 Å². The van der Waals surface area contributed by atoms with Crippen molar-refractivity contribution in [2.75, 3.05) is 24.2 Å². The zero-order valence-electron chi connectivity index (χ0n) is 22.5. The average molecular weight is 536 g/mol. The Bertz CT molecular complexity index is 1160. The smallest absolute Gasteiger partial charge is 0.243 e. The molecule has 0 bridgehead atoms. The highest BCUT2D eigenvalue weighted by Gasteiger charge is 2.31. The minimum Gasteiger partial charge on any atom is -0.495 e. The lowest BCUT2D eigenvalue weighted by Crippen LogP contribution is -2.53. The van der Waals surface area contributed by atoms with Gasteiger partial charge in [0.05, 0.1) is 19.1 Å². The average Bonchev–Trinajstić information content (AvgIpc) is 2.81. The number of para-hydroxylation sites is 2. The van der Waals surface area contributed by atoms with Crippen LogP contribution in [0.3, 0.4) is 0 Å². The number of sulfonamides is 1. The Morgan fingerprint density at radius 2 is 1.70 bits per heavy atom. The van der Waals surface area contributed by atoms with E-state index < -0.39 is 27.4 Å². The summed E-state index contributed by atoms with van der Waals surface area (Å²) in [4.78, 5) is 28.0. The van der Waals surface area contributed by atoms with E-state index in [-0.39, 0.29) is 37.7 Å². The summed E-state index contributed by atoms with van der Waals surface area (Å²) in [6, 6.07) is 11.8. The molecule has 0 aliphatic rings. The standard InChI is InChI=1S/C27H38FN3O5S/c1-7-22(26(33)29-27(2,3)4)30(19-20-14-16-21(28)17-15-20)25(32)13-10-18-31(37(6,34)35)23-11-8-9-12-24(23)36-5/h8-9,11-12,14-17,22H,7,10,13,18-19H2,1-6H3,(H,29,33)/t22-/m0/s1. The van der Waals surface area contributed by atoms with Crippen LogP contribution >= 0.6 is 0 Å². The van der Waals surface area contributed by atoms with Crippen LogP contribution in [0.2, 0.25) is 0 Å². The molecule has 2 rings (SSSR count). The van der Waals surface area contributed by atoms with E-state index in [1.807, 2.05) is 27.7 Å². The summed E-state index contributed by atoms with van der Waals surface area (Å²) in [7, 11) is -2.19. The lowest BCUT2D eigenvalue weighted by Gasteiger charge is -2.33. The van der Waals surface area contributed by atoms with Crippen LogP contribution in [0.25, 0.3) is 0 Å². The van der Waals surface area contributed by atoms with Crippen LogP contribution in [0.4, 0.5) is 10.1 Å². The van der Waals surface area contributed by atoms with E-state index in [9.17, 15) is 22.4 Å². The van der Waals surface area contributed by atoms with Crippen molar-refractivity contribution in [3.8, 4) is 5.75 Å². The van der Waals surface area contributed by atoms with Gasteiger partial charge in [-0.25, -0.2) is 12.8 Å². The third-order valence-corrected chi connectivity index (χ3v) is 6.84. The largest absolute Gasteiger partial charge is 0.495 e. The van der Waals surface area contributed by atoms with Gasteiger partial charge in [-0.1, -0.05) is 31.2 Å². The first kappa shape index (κ1) is 30.1. The Balaban J connectivity index is 2.26. The topological polar surface area (TPSA) is 96.0 Å². The Labute approximate surface area is 219 Å². The maximum Gasteiger partial charge on any atom is 0.243 e. The highest BCUT2D eigenvalue weighted by Crippen LogP contribution is 2.30. The van der Waals surface area contributed by atoms with E-state index in [4.69, 9.17) is 4.74 Å². The molecule has 2 amide bonds. The lowest BCUT2D eigenvalue weighted by atomic mass is 10.0. The van der Waals surface area contributed by atoms with Gasteiger partial charge in [0.1, 0.15) is 17.6 Å². The molecule has 0 heterocycles. The fourth-order valence-corrected chi connectivity index (χ4v) is 4.95. The predicted molar refractivity (Wildman–Crippen MR) is 143 cm³/mol. The van der Waals surface area contributed by atoms with Crippen LogP contribution in [-0.4, -0.2) is 56.6 Å². The third kappa shape index (κ3) is 9.03. The normalized spacial score (nSPS) is 12.5. The molecule has 0 aromatic heterocycles. The number of nitrogens with zero attached hydrogens (tertiary/aromatic N) is 2. The zero-order chi connectivity index (χ0) is 27.8. The van der Waals surface area contributed by atoms with Crippen LogP contribution in [-0.2, 0) is 26.2 Å². The number of amides is 2. The molecule has 2 aromatic carbocycles. The maximum absolute atomic E-state index is 13.5. The first-order chi connectivity index (χ1) is 17.3. The van der Waals surface area contributed by atoms with Crippen molar-refractivity contribution in [3.05, 3.63) is 59.9 Å². The molecule has 0 saturated carbocycles. The van der Waals surface area contributed by atoms with Gasteiger partial charge in [0.15, 0.2) is 0 Å². The van der Waals surface area contributed by atoms with Gasteiger partial charge < -0.3 is 15.0 Å². The summed E-state index contributed by atoms with van der Waals surface area (Å²) in [5, 5.41) is 2.93. The molecule has 8 nitrogen and oxygen atoms in total. The van der Waals surface area contributed by atoms with Gasteiger partial charge in [0.25, 0.3) is 0 Å². The molecular weight excluding hydrogens is 497 g/mol. The van der Waals surface area contributed by atoms with Gasteiger partial charge in [0.2, 0.25) is 21.8 Å². The Hall–Kier alpha value is -3.14. The molecule has 0 aliphatic carbocycles. The maximum atomic E-state index is 13.5. The number of methoxy groups -OCH3 is 1. The van der Waals surface area contributed by atoms with Crippen molar-refractivity contribution in [1.82, 2.24) is 10.2 Å². The number of nitrogens with one attached hydrogen (secondary N) is 1. The van der Waals surface area contributed by atoms with Gasteiger partial charge in [0, 0.05) is 25.0 Å². The molecule has 0 spiro atoms. The van der Waals surface area contributed by atoms with Crippen molar-refractivity contribution in [2.24, 2.45) is 0 Å². The number of ether oxygens (including phenoxy) is 1. The van der Waals surface area contributed by atoms with Gasteiger partial charge in [-0.2, -0.15) is 0 Å². The molecule has 0 aliphatic heterocycles. The van der Waals surface area contributed by atoms with E-state index in [1.54, 1.807) is 36.4 Å². The summed E-state index contributed by atoms with van der Waals surface area (Å²) < 4.78 is 45.1. The number of rotatable bonds is 12. The van der Waals surface area contributed by atoms with Gasteiger partial charge in [-0.15, -0.1) is 0 Å². The molecule has 0 unspecified atom stereocenters. The minimum absolute atomic E-state index is 0.0155. The third-order valence-electron chi connectivity index (χ3n) is 5.66. The van der Waals surface area contributed by atoms with Crippen molar-refractivity contribution in [3.63, 3.8) is 0 Å². The number of anilines is 1. The molecule has 204 valence electrons. The fraction of sp³-hybridized carbons (Fsp3) is 0.481. The molecule has 37 heavy (non-hydrogen) atoms. The van der Waals surface area contributed by atoms with Crippen LogP contribution in [0.1, 0.15) is 52.5 Å². The summed E-state index contributed by atoms with van der Waals surface area (Å²) >= 11 is 0. The minimum atomic E-state index is -3.65. The van der Waals surface area contributed by atoms with Crippen molar-refractivity contribution in [1.29, 1.82) is 0 Å². The van der Waals surface area contributed by atoms with Crippen LogP contribution in [0.5, 0.6) is 5.75 Å². The quantitative estimate of drug-likeness (QED) is 0.442. The predicted octanol–water partition coefficient (Wildman–Crippen LogP) is 4.10. The Morgan fingerprint density at radius 1 is 1.08 bits per heavy atom. The molecule has 2 aromatic rings. The highest BCUT2D eigenvalue weighted by molar-refractivity contribution is 7.92. The fourth-order valence-electron chi connectivity index (χ4n) is 3.98. The molecule has 0 saturated heterocycles. The Kier molecular flexibility index (Phi) is 10.5. The second kappa shape index (κ2) is 12.9. The van der Waals surface area contributed by atoms with Crippen LogP contribution in [0.15, 0.2) is 48.5 Å². The number of halogens is 1. The summed E-state index contributed by atoms with van der Waals surface area (Å²) in [6.45, 7) is 7.59. The zero-order valence-corrected chi connectivity index (χ0v) is 23.3. The molecule has 10 heteroatoms. The molecule has 0 radical (unpaired) electrons. The summed E-state index contributed by atoms with van der Waals surface area (Å²) in [5.74, 6) is -0.565. The van der Waals surface area contributed by atoms with Crippen molar-refractivity contribution >= 4 is 27.5 Å². The molecule has 0 fully saturated rings. The number of benzene rings is 2. The van der Waals surface area contributed by atoms with Crippen LogP contribution in [0, 0.1) is 5.82 Å². The number of hydrogen-bond donors (Lipinski definition) is 1. The van der Waals surface area contributed by atoms with Crippen LogP contribution < -0.4 is 14.4 Å². The SMILES string of the molecule is CC[C@@H](C(=O)NC(C)(C)C)N(Cc1ccc(F)cc1)C(=O)CCCN(c1ccccc1OC)S(C)(=O)=O. The van der Waals surface area contributed by atoms with Crippen molar-refractivity contribution < 1.29 is 27.1 Å². The lowest BCUT2D eigenvalue weighted by molar-refractivity contribution is -0.142. The second-order valence-corrected chi connectivity index (χ2v) is 11.8. The number of carbonyl (C=O) groups is 2. The van der Waals surface area contributed by atoms with E-state index in [2.05, 4.69) is 5.32 Å². The van der Waals surface area contributed by atoms with E-state index in [0.29, 0.717) is 23.4 Å². The second-order valence-electron chi connectivity index (χ2n) is 9.92. The molecule has 1 N–H and O–H groups in total. The summed E-state index contributed by atoms with van der Waals surface area (Å²) in [5.41, 5.74) is 0.586. The van der Waals surface area contributed by atoms with E-state index in [0.717, 1.165) is 6.26 Å². The van der Waals surface area contributed by atoms with E-state index >= 15 is 0 Å². The molecular formula is C27H38FN3O5S. The van der Waals surface area contributed by atoms with E-state index in [1.165, 1.54) is 28.4 Å². The highest BCUT2D eigenvalue weighted by atomic mass is 32.2.